The summed E-state index contributed by atoms with van der Waals surface area (Å²) in [4.78, 5) is 0. The molecule has 0 saturated heterocycles. The molecule has 0 fully saturated rings. The zero-order valence-electron chi connectivity index (χ0n) is 8.44. The van der Waals surface area contributed by atoms with Gasteiger partial charge in [0.15, 0.2) is 0 Å². The fourth-order valence-electron chi connectivity index (χ4n) is 1.16. The Bertz CT molecular complexity index is 332. The predicted molar refractivity (Wildman–Crippen MR) is 50.8 cm³/mol. The summed E-state index contributed by atoms with van der Waals surface area (Å²) in [6.45, 7) is -4.86. The molecular weight excluding hydrogens is 254 g/mol. The van der Waals surface area contributed by atoms with Crippen molar-refractivity contribution in [2.24, 2.45) is 0 Å². The van der Waals surface area contributed by atoms with Crippen LogP contribution in [0.5, 0.6) is 5.75 Å². The van der Waals surface area contributed by atoms with Crippen LogP contribution in [-0.4, -0.2) is 14.1 Å². The first-order valence-corrected chi connectivity index (χ1v) is 4.33. The fraction of sp³-hybridized carbons (Fsp3) is 0.250. The van der Waals surface area contributed by atoms with E-state index in [1.165, 1.54) is 25.3 Å². The number of rotatable bonds is 3. The Morgan fingerprint density at radius 3 is 2.40 bits per heavy atom. The van der Waals surface area contributed by atoms with Crippen LogP contribution in [0, 0.1) is 0 Å². The molecule has 1 aromatic rings. The first-order valence-electron chi connectivity index (χ1n) is 3.96. The van der Waals surface area contributed by atoms with Gasteiger partial charge in [0.05, 0.1) is 7.11 Å². The monoisotopic (exact) mass is 262 g/mol. The summed E-state index contributed by atoms with van der Waals surface area (Å²) in [5, 5.41) is 0.279. The summed E-state index contributed by atoms with van der Waals surface area (Å²) in [7, 11) is 1.33. The largest absolute Gasteiger partial charge is 1.00 e. The molecular formula is C8H8BClF3KO. The molecule has 0 aromatic heterocycles. The van der Waals surface area contributed by atoms with Crippen LogP contribution in [0.15, 0.2) is 18.2 Å². The number of halogens is 4. The van der Waals surface area contributed by atoms with Gasteiger partial charge in [0.1, 0.15) is 5.75 Å². The van der Waals surface area contributed by atoms with Crippen LogP contribution in [0.3, 0.4) is 0 Å². The van der Waals surface area contributed by atoms with E-state index in [1.54, 1.807) is 0 Å². The molecule has 78 valence electrons. The van der Waals surface area contributed by atoms with Crippen LogP contribution in [-0.2, 0) is 6.32 Å². The van der Waals surface area contributed by atoms with Crippen molar-refractivity contribution in [3.05, 3.63) is 28.8 Å². The van der Waals surface area contributed by atoms with Gasteiger partial charge in [0, 0.05) is 5.02 Å². The second-order valence-electron chi connectivity index (χ2n) is 2.87. The Labute approximate surface area is 134 Å². The summed E-state index contributed by atoms with van der Waals surface area (Å²) in [6.07, 6.45) is -0.969. The van der Waals surface area contributed by atoms with Crippen molar-refractivity contribution in [2.75, 3.05) is 7.11 Å². The fourth-order valence-corrected chi connectivity index (χ4v) is 1.35. The van der Waals surface area contributed by atoms with Crippen molar-refractivity contribution in [1.82, 2.24) is 0 Å². The third-order valence-corrected chi connectivity index (χ3v) is 1.93. The first kappa shape index (κ1) is 15.8. The number of methoxy groups -OCH3 is 1. The van der Waals surface area contributed by atoms with Crippen LogP contribution in [0.2, 0.25) is 5.02 Å². The summed E-state index contributed by atoms with van der Waals surface area (Å²) in [6, 6.07) is 4.20. The molecule has 0 amide bonds. The van der Waals surface area contributed by atoms with E-state index < -0.39 is 13.3 Å². The van der Waals surface area contributed by atoms with Crippen molar-refractivity contribution in [3.63, 3.8) is 0 Å². The number of hydrogen-bond acceptors (Lipinski definition) is 1. The summed E-state index contributed by atoms with van der Waals surface area (Å²) in [5.41, 5.74) is 0.0764. The van der Waals surface area contributed by atoms with Gasteiger partial charge in [-0.1, -0.05) is 17.9 Å². The molecule has 7 heteroatoms. The van der Waals surface area contributed by atoms with E-state index in [0.29, 0.717) is 0 Å². The molecule has 1 rings (SSSR count). The molecule has 0 N–H and O–H groups in total. The predicted octanol–water partition coefficient (Wildman–Crippen LogP) is 0.282. The van der Waals surface area contributed by atoms with E-state index in [1.807, 2.05) is 0 Å². The number of ether oxygens (including phenoxy) is 1. The van der Waals surface area contributed by atoms with E-state index in [9.17, 15) is 12.9 Å². The molecule has 15 heavy (non-hydrogen) atoms. The van der Waals surface area contributed by atoms with Gasteiger partial charge < -0.3 is 17.7 Å². The molecule has 0 saturated carbocycles. The van der Waals surface area contributed by atoms with Gasteiger partial charge in [0.25, 0.3) is 0 Å². The van der Waals surface area contributed by atoms with Crippen LogP contribution in [0.4, 0.5) is 12.9 Å². The van der Waals surface area contributed by atoms with Gasteiger partial charge in [-0.3, -0.25) is 0 Å². The Kier molecular flexibility index (Phi) is 6.86. The van der Waals surface area contributed by atoms with Gasteiger partial charge in [-0.25, -0.2) is 0 Å². The molecule has 0 atom stereocenters. The SMILES string of the molecule is COc1ccc(Cl)cc1C[B-](F)(F)F.[K+]. The summed E-state index contributed by atoms with van der Waals surface area (Å²) >= 11 is 5.59. The van der Waals surface area contributed by atoms with E-state index in [2.05, 4.69) is 0 Å². The minimum Gasteiger partial charge on any atom is -0.497 e. The Morgan fingerprint density at radius 2 is 1.93 bits per heavy atom. The van der Waals surface area contributed by atoms with Crippen molar-refractivity contribution < 1.29 is 69.1 Å². The first-order chi connectivity index (χ1) is 6.42. The van der Waals surface area contributed by atoms with Gasteiger partial charge in [-0.15, -0.1) is 0 Å². The zero-order chi connectivity index (χ0) is 10.8. The van der Waals surface area contributed by atoms with Crippen LogP contribution >= 0.6 is 11.6 Å². The van der Waals surface area contributed by atoms with Gasteiger partial charge >= 0.3 is 58.4 Å². The second-order valence-corrected chi connectivity index (χ2v) is 3.31. The normalized spacial score (nSPS) is 10.7. The molecule has 0 aliphatic rings. The maximum atomic E-state index is 12.2. The maximum Gasteiger partial charge on any atom is 1.00 e. The molecule has 0 bridgehead atoms. The maximum absolute atomic E-state index is 12.2. The smallest absolute Gasteiger partial charge is 0.497 e. The van der Waals surface area contributed by atoms with Gasteiger partial charge in [0.2, 0.25) is 0 Å². The third kappa shape index (κ3) is 5.61. The molecule has 1 nitrogen and oxygen atoms in total. The van der Waals surface area contributed by atoms with E-state index in [0.717, 1.165) is 0 Å². The van der Waals surface area contributed by atoms with Crippen LogP contribution in [0.25, 0.3) is 0 Å². The minimum atomic E-state index is -4.86. The van der Waals surface area contributed by atoms with Crippen LogP contribution < -0.4 is 56.1 Å². The number of hydrogen-bond donors (Lipinski definition) is 0. The van der Waals surface area contributed by atoms with Gasteiger partial charge in [-0.2, -0.15) is 0 Å². The van der Waals surface area contributed by atoms with Crippen molar-refractivity contribution in [2.45, 2.75) is 6.32 Å². The third-order valence-electron chi connectivity index (χ3n) is 1.69. The van der Waals surface area contributed by atoms with Crippen molar-refractivity contribution in [3.8, 4) is 5.75 Å². The van der Waals surface area contributed by atoms with E-state index in [4.69, 9.17) is 16.3 Å². The molecule has 0 heterocycles. The Hall–Kier alpha value is 0.801. The summed E-state index contributed by atoms with van der Waals surface area (Å²) < 4.78 is 41.3. The Balaban J connectivity index is 0.00000196. The number of benzene rings is 1. The molecule has 1 aromatic carbocycles. The van der Waals surface area contributed by atoms with E-state index in [-0.39, 0.29) is 67.7 Å². The molecule has 0 unspecified atom stereocenters. The molecule has 0 aliphatic carbocycles. The van der Waals surface area contributed by atoms with Crippen LogP contribution in [0.1, 0.15) is 5.56 Å². The quantitative estimate of drug-likeness (QED) is 0.711. The zero-order valence-corrected chi connectivity index (χ0v) is 12.3. The molecule has 0 radical (unpaired) electrons. The second kappa shape index (κ2) is 6.52. The topological polar surface area (TPSA) is 9.23 Å². The average molecular weight is 263 g/mol. The van der Waals surface area contributed by atoms with E-state index >= 15 is 0 Å². The standard InChI is InChI=1S/C8H8BClF3O.K/c1-14-8-3-2-7(10)4-6(8)5-9(11,12)13;/h2-4H,5H2,1H3;/q-1;+1. The Morgan fingerprint density at radius 1 is 1.33 bits per heavy atom. The molecule has 0 aliphatic heterocycles. The van der Waals surface area contributed by atoms with Crippen molar-refractivity contribution >= 4 is 18.6 Å². The van der Waals surface area contributed by atoms with Gasteiger partial charge in [-0.05, 0) is 23.8 Å². The van der Waals surface area contributed by atoms with Crippen molar-refractivity contribution in [1.29, 1.82) is 0 Å². The average Bonchev–Trinajstić information content (AvgIpc) is 2.01. The molecule has 0 spiro atoms. The summed E-state index contributed by atoms with van der Waals surface area (Å²) in [5.74, 6) is 0.216. The minimum absolute atomic E-state index is 0.